The first-order valence-electron chi connectivity index (χ1n) is 7.90. The predicted molar refractivity (Wildman–Crippen MR) is 96.8 cm³/mol. The smallest absolute Gasteiger partial charge is 0.243 e. The molecule has 2 N–H and O–H groups in total. The van der Waals surface area contributed by atoms with Gasteiger partial charge in [0, 0.05) is 24.6 Å². The number of hydrogen-bond donors (Lipinski definition) is 2. The lowest BCUT2D eigenvalue weighted by molar-refractivity contribution is -0.114. The van der Waals surface area contributed by atoms with Gasteiger partial charge in [0.2, 0.25) is 5.91 Å². The van der Waals surface area contributed by atoms with E-state index < -0.39 is 0 Å². The molecule has 0 saturated heterocycles. The van der Waals surface area contributed by atoms with E-state index in [1.165, 1.54) is 0 Å². The molecule has 0 heterocycles. The molecule has 0 fully saturated rings. The summed E-state index contributed by atoms with van der Waals surface area (Å²) in [6, 6.07) is 13.5. The van der Waals surface area contributed by atoms with Gasteiger partial charge in [0.1, 0.15) is 12.4 Å². The van der Waals surface area contributed by atoms with Crippen LogP contribution in [0.3, 0.4) is 0 Å². The van der Waals surface area contributed by atoms with E-state index in [4.69, 9.17) is 9.47 Å². The third-order valence-electron chi connectivity index (χ3n) is 3.35. The average molecular weight is 328 g/mol. The lowest BCUT2D eigenvalue weighted by Gasteiger charge is -2.11. The minimum atomic E-state index is -0.0919. The highest BCUT2D eigenvalue weighted by molar-refractivity contribution is 5.93. The topological polar surface area (TPSA) is 59.6 Å². The largest absolute Gasteiger partial charge is 0.491 e. The number of anilines is 2. The van der Waals surface area contributed by atoms with E-state index in [1.807, 2.05) is 50.2 Å². The Morgan fingerprint density at radius 3 is 2.46 bits per heavy atom. The second kappa shape index (κ2) is 8.93. The van der Waals surface area contributed by atoms with E-state index in [0.29, 0.717) is 13.2 Å². The molecule has 2 aromatic carbocycles. The van der Waals surface area contributed by atoms with Crippen molar-refractivity contribution in [3.05, 3.63) is 53.6 Å². The maximum atomic E-state index is 12.1. The van der Waals surface area contributed by atoms with Crippen LogP contribution < -0.4 is 15.4 Å². The monoisotopic (exact) mass is 328 g/mol. The summed E-state index contributed by atoms with van der Waals surface area (Å²) in [7, 11) is 1.63. The van der Waals surface area contributed by atoms with E-state index >= 15 is 0 Å². The minimum absolute atomic E-state index is 0.0919. The number of carbonyl (C=O) groups is 1. The molecule has 0 aromatic heterocycles. The summed E-state index contributed by atoms with van der Waals surface area (Å²) in [5.41, 5.74) is 3.90. The van der Waals surface area contributed by atoms with E-state index in [2.05, 4.69) is 16.7 Å². The molecular weight excluding hydrogens is 304 g/mol. The number of ether oxygens (including phenoxy) is 2. The number of benzene rings is 2. The van der Waals surface area contributed by atoms with Gasteiger partial charge in [-0.2, -0.15) is 0 Å². The molecule has 24 heavy (non-hydrogen) atoms. The molecule has 2 rings (SSSR count). The van der Waals surface area contributed by atoms with Gasteiger partial charge in [-0.25, -0.2) is 0 Å². The minimum Gasteiger partial charge on any atom is -0.491 e. The molecule has 0 unspecified atom stereocenters. The fourth-order valence-electron chi connectivity index (χ4n) is 2.37. The van der Waals surface area contributed by atoms with Crippen LogP contribution in [0.15, 0.2) is 42.5 Å². The Balaban J connectivity index is 1.86. The van der Waals surface area contributed by atoms with Crippen LogP contribution in [0.2, 0.25) is 0 Å². The number of nitrogens with one attached hydrogen (secondary N) is 2. The summed E-state index contributed by atoms with van der Waals surface area (Å²) in [6.07, 6.45) is 0. The normalized spacial score (nSPS) is 10.3. The zero-order chi connectivity index (χ0) is 17.4. The molecule has 5 nitrogen and oxygen atoms in total. The quantitative estimate of drug-likeness (QED) is 0.729. The first-order valence-corrected chi connectivity index (χ1v) is 7.90. The summed E-state index contributed by atoms with van der Waals surface area (Å²) < 4.78 is 10.5. The summed E-state index contributed by atoms with van der Waals surface area (Å²) in [5.74, 6) is 0.650. The van der Waals surface area contributed by atoms with E-state index in [1.54, 1.807) is 7.11 Å². The highest BCUT2D eigenvalue weighted by Crippen LogP contribution is 2.17. The molecule has 0 aliphatic rings. The summed E-state index contributed by atoms with van der Waals surface area (Å²) in [4.78, 5) is 12.1. The van der Waals surface area contributed by atoms with Crippen LogP contribution in [0.25, 0.3) is 0 Å². The van der Waals surface area contributed by atoms with Crippen LogP contribution in [-0.2, 0) is 9.53 Å². The Morgan fingerprint density at radius 1 is 1.00 bits per heavy atom. The molecule has 0 spiro atoms. The second-order valence-corrected chi connectivity index (χ2v) is 5.65. The van der Waals surface area contributed by atoms with Gasteiger partial charge in [0.25, 0.3) is 0 Å². The van der Waals surface area contributed by atoms with Crippen molar-refractivity contribution in [3.8, 4) is 5.75 Å². The Bertz CT molecular complexity index is 666. The fraction of sp³-hybridized carbons (Fsp3) is 0.316. The Kier molecular flexibility index (Phi) is 6.63. The number of rotatable bonds is 8. The number of aryl methyl sites for hydroxylation is 2. The number of hydrogen-bond acceptors (Lipinski definition) is 4. The van der Waals surface area contributed by atoms with Crippen molar-refractivity contribution in [2.45, 2.75) is 13.8 Å². The molecule has 0 saturated carbocycles. The molecule has 5 heteroatoms. The van der Waals surface area contributed by atoms with Gasteiger partial charge in [-0.1, -0.05) is 12.1 Å². The van der Waals surface area contributed by atoms with Crippen molar-refractivity contribution in [2.75, 3.05) is 37.5 Å². The molecule has 0 aliphatic carbocycles. The number of carbonyl (C=O) groups excluding carboxylic acids is 1. The zero-order valence-electron chi connectivity index (χ0n) is 14.4. The summed E-state index contributed by atoms with van der Waals surface area (Å²) in [5, 5.41) is 6.00. The molecule has 0 bridgehead atoms. The van der Waals surface area contributed by atoms with Crippen molar-refractivity contribution in [1.29, 1.82) is 0 Å². The van der Waals surface area contributed by atoms with Crippen molar-refractivity contribution in [1.82, 2.24) is 0 Å². The fourth-order valence-corrected chi connectivity index (χ4v) is 2.37. The molecule has 0 atom stereocenters. The summed E-state index contributed by atoms with van der Waals surface area (Å²) in [6.45, 7) is 5.24. The van der Waals surface area contributed by atoms with Crippen molar-refractivity contribution in [2.24, 2.45) is 0 Å². The lowest BCUT2D eigenvalue weighted by atomic mass is 10.1. The number of methoxy groups -OCH3 is 1. The third-order valence-corrected chi connectivity index (χ3v) is 3.35. The van der Waals surface area contributed by atoms with Gasteiger partial charge in [-0.05, 0) is 49.2 Å². The van der Waals surface area contributed by atoms with Crippen molar-refractivity contribution >= 4 is 17.3 Å². The first kappa shape index (κ1) is 17.8. The van der Waals surface area contributed by atoms with Crippen LogP contribution in [0.5, 0.6) is 5.75 Å². The van der Waals surface area contributed by atoms with Crippen LogP contribution >= 0.6 is 0 Å². The Labute approximate surface area is 143 Å². The maximum Gasteiger partial charge on any atom is 0.243 e. The van der Waals surface area contributed by atoms with Crippen LogP contribution in [0.1, 0.15) is 11.1 Å². The highest BCUT2D eigenvalue weighted by Gasteiger charge is 2.04. The zero-order valence-corrected chi connectivity index (χ0v) is 14.4. The first-order chi connectivity index (χ1) is 11.6. The van der Waals surface area contributed by atoms with Crippen LogP contribution in [0, 0.1) is 13.8 Å². The molecule has 2 aromatic rings. The lowest BCUT2D eigenvalue weighted by Crippen LogP contribution is -2.21. The van der Waals surface area contributed by atoms with Gasteiger partial charge < -0.3 is 20.1 Å². The van der Waals surface area contributed by atoms with Crippen LogP contribution in [-0.4, -0.2) is 32.8 Å². The van der Waals surface area contributed by atoms with Crippen molar-refractivity contribution < 1.29 is 14.3 Å². The maximum absolute atomic E-state index is 12.1. The van der Waals surface area contributed by atoms with Gasteiger partial charge in [0.15, 0.2) is 0 Å². The third kappa shape index (κ3) is 5.93. The Hall–Kier alpha value is -2.53. The summed E-state index contributed by atoms with van der Waals surface area (Å²) >= 11 is 0. The molecule has 0 radical (unpaired) electrons. The van der Waals surface area contributed by atoms with E-state index in [0.717, 1.165) is 28.3 Å². The predicted octanol–water partition coefficient (Wildman–Crippen LogP) is 3.38. The molecule has 128 valence electrons. The van der Waals surface area contributed by atoms with Gasteiger partial charge in [0.05, 0.1) is 13.2 Å². The Morgan fingerprint density at radius 2 is 1.75 bits per heavy atom. The molecule has 1 amide bonds. The van der Waals surface area contributed by atoms with E-state index in [9.17, 15) is 4.79 Å². The molecular formula is C19H24N2O3. The van der Waals surface area contributed by atoms with Crippen molar-refractivity contribution in [3.63, 3.8) is 0 Å². The van der Waals surface area contributed by atoms with Crippen LogP contribution in [0.4, 0.5) is 11.4 Å². The second-order valence-electron chi connectivity index (χ2n) is 5.65. The average Bonchev–Trinajstić information content (AvgIpc) is 2.53. The number of amides is 1. The SMILES string of the molecule is COCCOc1cccc(NCC(=O)Nc2cc(C)cc(C)c2)c1. The molecule has 0 aliphatic heterocycles. The highest BCUT2D eigenvalue weighted by atomic mass is 16.5. The standard InChI is InChI=1S/C19H24N2O3/c1-14-9-15(2)11-17(10-14)21-19(22)13-20-16-5-4-6-18(12-16)24-8-7-23-3/h4-6,9-12,20H,7-8,13H2,1-3H3,(H,21,22). The van der Waals surface area contributed by atoms with Gasteiger partial charge >= 0.3 is 0 Å². The van der Waals surface area contributed by atoms with E-state index in [-0.39, 0.29) is 12.5 Å². The van der Waals surface area contributed by atoms with Gasteiger partial charge in [-0.3, -0.25) is 4.79 Å². The van der Waals surface area contributed by atoms with Gasteiger partial charge in [-0.15, -0.1) is 0 Å².